The summed E-state index contributed by atoms with van der Waals surface area (Å²) in [5, 5.41) is 0. The zero-order valence-electron chi connectivity index (χ0n) is 11.3. The summed E-state index contributed by atoms with van der Waals surface area (Å²) in [6.45, 7) is 3.01. The van der Waals surface area contributed by atoms with Crippen LogP contribution in [0.2, 0.25) is 0 Å². The van der Waals surface area contributed by atoms with Crippen LogP contribution in [0.15, 0.2) is 6.33 Å². The van der Waals surface area contributed by atoms with Gasteiger partial charge in [0.2, 0.25) is 0 Å². The Kier molecular flexibility index (Phi) is 3.21. The lowest BCUT2D eigenvalue weighted by Crippen LogP contribution is -2.18. The number of esters is 1. The van der Waals surface area contributed by atoms with Gasteiger partial charge in [0.25, 0.3) is 0 Å². The molecule has 1 heterocycles. The van der Waals surface area contributed by atoms with Gasteiger partial charge < -0.3 is 15.0 Å². The second-order valence-electron chi connectivity index (χ2n) is 5.79. The minimum absolute atomic E-state index is 0.255. The third-order valence-electron chi connectivity index (χ3n) is 4.66. The molecule has 2 saturated carbocycles. The van der Waals surface area contributed by atoms with E-state index in [4.69, 9.17) is 10.5 Å². The average Bonchev–Trinajstić information content (AvgIpc) is 3.07. The van der Waals surface area contributed by atoms with Crippen LogP contribution >= 0.6 is 0 Å². The predicted octanol–water partition coefficient (Wildman–Crippen LogP) is 2.08. The summed E-state index contributed by atoms with van der Waals surface area (Å²) in [5.41, 5.74) is 6.27. The summed E-state index contributed by atoms with van der Waals surface area (Å²) in [6, 6.07) is 0. The van der Waals surface area contributed by atoms with Crippen molar-refractivity contribution >= 4 is 11.8 Å². The number of nitrogens with two attached hydrogens (primary N) is 1. The Bertz CT molecular complexity index is 483. The first-order chi connectivity index (χ1) is 9.19. The SMILES string of the molecule is CCOC(=O)c1ncn(CC2CC3CCC2C3)c1N. The van der Waals surface area contributed by atoms with Gasteiger partial charge in [-0.1, -0.05) is 6.42 Å². The largest absolute Gasteiger partial charge is 0.461 e. The van der Waals surface area contributed by atoms with E-state index < -0.39 is 5.97 Å². The third kappa shape index (κ3) is 2.22. The van der Waals surface area contributed by atoms with Crippen molar-refractivity contribution in [2.24, 2.45) is 17.8 Å². The van der Waals surface area contributed by atoms with E-state index in [1.54, 1.807) is 13.3 Å². The van der Waals surface area contributed by atoms with E-state index in [2.05, 4.69) is 4.98 Å². The van der Waals surface area contributed by atoms with Gasteiger partial charge in [0, 0.05) is 6.54 Å². The van der Waals surface area contributed by atoms with Crippen LogP contribution in [0.5, 0.6) is 0 Å². The molecule has 3 unspecified atom stereocenters. The first kappa shape index (κ1) is 12.5. The molecule has 2 bridgehead atoms. The number of nitrogens with zero attached hydrogens (tertiary/aromatic N) is 2. The highest BCUT2D eigenvalue weighted by molar-refractivity contribution is 5.92. The molecular weight excluding hydrogens is 242 g/mol. The van der Waals surface area contributed by atoms with Crippen LogP contribution in [0, 0.1) is 17.8 Å². The second-order valence-corrected chi connectivity index (χ2v) is 5.79. The van der Waals surface area contributed by atoms with Crippen molar-refractivity contribution in [2.75, 3.05) is 12.3 Å². The van der Waals surface area contributed by atoms with Crippen LogP contribution in [0.25, 0.3) is 0 Å². The van der Waals surface area contributed by atoms with E-state index in [0.29, 0.717) is 18.3 Å². The molecule has 2 fully saturated rings. The maximum absolute atomic E-state index is 11.7. The molecule has 0 aliphatic heterocycles. The van der Waals surface area contributed by atoms with Crippen LogP contribution in [0.4, 0.5) is 5.82 Å². The van der Waals surface area contributed by atoms with E-state index in [9.17, 15) is 4.79 Å². The first-order valence-corrected chi connectivity index (χ1v) is 7.16. The lowest BCUT2D eigenvalue weighted by atomic mass is 9.89. The number of aromatic nitrogens is 2. The van der Waals surface area contributed by atoms with Crippen molar-refractivity contribution in [1.29, 1.82) is 0 Å². The fourth-order valence-corrected chi connectivity index (χ4v) is 3.75. The van der Waals surface area contributed by atoms with Gasteiger partial charge in [0.15, 0.2) is 5.69 Å². The molecule has 2 N–H and O–H groups in total. The standard InChI is InChI=1S/C14H21N3O2/c1-2-19-14(18)12-13(15)17(8-16-12)7-11-6-9-3-4-10(11)5-9/h8-11H,2-7,15H2,1H3. The molecule has 0 amide bonds. The van der Waals surface area contributed by atoms with Crippen molar-refractivity contribution in [3.05, 3.63) is 12.0 Å². The molecule has 19 heavy (non-hydrogen) atoms. The summed E-state index contributed by atoms with van der Waals surface area (Å²) < 4.78 is 6.86. The molecule has 0 radical (unpaired) electrons. The molecule has 1 aromatic heterocycles. The topological polar surface area (TPSA) is 70.1 Å². The number of imidazole rings is 1. The van der Waals surface area contributed by atoms with Crippen LogP contribution in [0.3, 0.4) is 0 Å². The molecule has 5 nitrogen and oxygen atoms in total. The van der Waals surface area contributed by atoms with Gasteiger partial charge in [0.1, 0.15) is 5.82 Å². The zero-order valence-corrected chi connectivity index (χ0v) is 11.3. The highest BCUT2D eigenvalue weighted by atomic mass is 16.5. The maximum atomic E-state index is 11.7. The summed E-state index contributed by atoms with van der Waals surface area (Å²) in [4.78, 5) is 15.8. The minimum Gasteiger partial charge on any atom is -0.461 e. The van der Waals surface area contributed by atoms with Crippen molar-refractivity contribution in [2.45, 2.75) is 39.2 Å². The normalized spacial score (nSPS) is 28.8. The van der Waals surface area contributed by atoms with Gasteiger partial charge in [-0.3, -0.25) is 0 Å². The fraction of sp³-hybridized carbons (Fsp3) is 0.714. The number of nitrogen functional groups attached to an aromatic ring is 1. The van der Waals surface area contributed by atoms with E-state index in [0.717, 1.165) is 18.4 Å². The van der Waals surface area contributed by atoms with E-state index >= 15 is 0 Å². The van der Waals surface area contributed by atoms with Gasteiger partial charge in [-0.25, -0.2) is 9.78 Å². The minimum atomic E-state index is -0.424. The number of hydrogen-bond acceptors (Lipinski definition) is 4. The Morgan fingerprint density at radius 1 is 1.53 bits per heavy atom. The van der Waals surface area contributed by atoms with Gasteiger partial charge in [0.05, 0.1) is 12.9 Å². The second kappa shape index (κ2) is 4.87. The highest BCUT2D eigenvalue weighted by Gasteiger charge is 2.39. The molecule has 3 rings (SSSR count). The van der Waals surface area contributed by atoms with Crippen LogP contribution < -0.4 is 5.73 Å². The average molecular weight is 263 g/mol. The Morgan fingerprint density at radius 3 is 3.00 bits per heavy atom. The summed E-state index contributed by atoms with van der Waals surface area (Å²) in [6.07, 6.45) is 7.11. The molecule has 2 aliphatic rings. The number of carbonyl (C=O) groups excluding carboxylic acids is 1. The lowest BCUT2D eigenvalue weighted by molar-refractivity contribution is 0.0521. The maximum Gasteiger partial charge on any atom is 0.360 e. The fourth-order valence-electron chi connectivity index (χ4n) is 3.75. The number of anilines is 1. The van der Waals surface area contributed by atoms with Crippen LogP contribution in [-0.4, -0.2) is 22.1 Å². The molecular formula is C14H21N3O2. The van der Waals surface area contributed by atoms with Crippen molar-refractivity contribution in [3.8, 4) is 0 Å². The molecule has 104 valence electrons. The number of rotatable bonds is 4. The first-order valence-electron chi connectivity index (χ1n) is 7.16. The van der Waals surface area contributed by atoms with Crippen molar-refractivity contribution < 1.29 is 9.53 Å². The Hall–Kier alpha value is -1.52. The van der Waals surface area contributed by atoms with Crippen molar-refractivity contribution in [3.63, 3.8) is 0 Å². The zero-order chi connectivity index (χ0) is 13.4. The lowest BCUT2D eigenvalue weighted by Gasteiger charge is -2.22. The van der Waals surface area contributed by atoms with Gasteiger partial charge in [-0.2, -0.15) is 0 Å². The third-order valence-corrected chi connectivity index (χ3v) is 4.66. The summed E-state index contributed by atoms with van der Waals surface area (Å²) in [7, 11) is 0. The number of fused-ring (bicyclic) bond motifs is 2. The number of carbonyl (C=O) groups is 1. The van der Waals surface area contributed by atoms with E-state index in [-0.39, 0.29) is 5.69 Å². The predicted molar refractivity (Wildman–Crippen MR) is 71.5 cm³/mol. The molecule has 5 heteroatoms. The highest BCUT2D eigenvalue weighted by Crippen LogP contribution is 2.48. The molecule has 1 aromatic rings. The Morgan fingerprint density at radius 2 is 2.37 bits per heavy atom. The van der Waals surface area contributed by atoms with Crippen LogP contribution in [0.1, 0.15) is 43.1 Å². The van der Waals surface area contributed by atoms with E-state index in [1.165, 1.54) is 25.7 Å². The quantitative estimate of drug-likeness (QED) is 0.844. The van der Waals surface area contributed by atoms with Gasteiger partial charge in [-0.05, 0) is 43.9 Å². The smallest absolute Gasteiger partial charge is 0.360 e. The Labute approximate surface area is 113 Å². The monoisotopic (exact) mass is 263 g/mol. The van der Waals surface area contributed by atoms with Crippen molar-refractivity contribution in [1.82, 2.24) is 9.55 Å². The molecule has 3 atom stereocenters. The summed E-state index contributed by atoms with van der Waals surface area (Å²) >= 11 is 0. The van der Waals surface area contributed by atoms with Gasteiger partial charge >= 0.3 is 5.97 Å². The molecule has 2 aliphatic carbocycles. The molecule has 0 saturated heterocycles. The molecule has 0 aromatic carbocycles. The molecule has 0 spiro atoms. The summed E-state index contributed by atoms with van der Waals surface area (Å²) in [5.74, 6) is 2.49. The Balaban J connectivity index is 1.70. The number of ether oxygens (including phenoxy) is 1. The van der Waals surface area contributed by atoms with Gasteiger partial charge in [-0.15, -0.1) is 0 Å². The number of hydrogen-bond donors (Lipinski definition) is 1. The van der Waals surface area contributed by atoms with E-state index in [1.807, 2.05) is 4.57 Å². The van der Waals surface area contributed by atoms with Crippen LogP contribution in [-0.2, 0) is 11.3 Å².